The molecule has 0 saturated heterocycles. The van der Waals surface area contributed by atoms with Crippen molar-refractivity contribution in [3.63, 3.8) is 0 Å². The molecule has 1 saturated carbocycles. The van der Waals surface area contributed by atoms with Crippen LogP contribution < -0.4 is 11.1 Å². The van der Waals surface area contributed by atoms with Crippen LogP contribution in [0.4, 0.5) is 4.39 Å². The Morgan fingerprint density at radius 2 is 2.03 bits per heavy atom. The molecule has 1 aromatic carbocycles. The van der Waals surface area contributed by atoms with E-state index in [2.05, 4.69) is 10.4 Å². The number of rotatable bonds is 6. The van der Waals surface area contributed by atoms with Gasteiger partial charge >= 0.3 is 0 Å². The van der Waals surface area contributed by atoms with Gasteiger partial charge in [0.25, 0.3) is 0 Å². The standard InChI is InChI=1S/C21H29FN4O2.ClH/c1-6-28-18-11-21(23,20(18,4)5)19(27)25-13(2)17-12-24-26(14(17)3)16-9-7-15(22)8-10-16;/h7-10,12-13,18H,6,11,23H2,1-5H3,(H,25,27);1H. The third-order valence-electron chi connectivity index (χ3n) is 6.17. The van der Waals surface area contributed by atoms with Crippen molar-refractivity contribution in [3.05, 3.63) is 47.5 Å². The maximum Gasteiger partial charge on any atom is 0.241 e. The summed E-state index contributed by atoms with van der Waals surface area (Å²) in [5.74, 6) is -0.481. The van der Waals surface area contributed by atoms with Gasteiger partial charge in [-0.25, -0.2) is 9.07 Å². The van der Waals surface area contributed by atoms with Crippen molar-refractivity contribution in [2.24, 2.45) is 11.1 Å². The zero-order valence-electron chi connectivity index (χ0n) is 17.5. The molecule has 0 aliphatic heterocycles. The molecular weight excluding hydrogens is 395 g/mol. The van der Waals surface area contributed by atoms with E-state index in [1.807, 2.05) is 34.6 Å². The normalized spacial score (nSPS) is 23.6. The van der Waals surface area contributed by atoms with Crippen molar-refractivity contribution in [3.8, 4) is 5.69 Å². The number of aromatic nitrogens is 2. The lowest BCUT2D eigenvalue weighted by molar-refractivity contribution is -0.171. The Bertz CT molecular complexity index is 868. The Labute approximate surface area is 177 Å². The molecule has 3 rings (SSSR count). The summed E-state index contributed by atoms with van der Waals surface area (Å²) < 4.78 is 20.6. The van der Waals surface area contributed by atoms with Crippen LogP contribution in [0.5, 0.6) is 0 Å². The summed E-state index contributed by atoms with van der Waals surface area (Å²) in [6, 6.07) is 5.87. The Hall–Kier alpha value is -1.96. The molecule has 0 radical (unpaired) electrons. The van der Waals surface area contributed by atoms with Crippen molar-refractivity contribution < 1.29 is 13.9 Å². The van der Waals surface area contributed by atoms with Gasteiger partial charge in [-0.05, 0) is 45.0 Å². The lowest BCUT2D eigenvalue weighted by atomic mass is 9.54. The van der Waals surface area contributed by atoms with Gasteiger partial charge in [0.1, 0.15) is 11.4 Å². The molecule has 1 aliphatic rings. The highest BCUT2D eigenvalue weighted by Crippen LogP contribution is 2.50. The van der Waals surface area contributed by atoms with E-state index in [1.54, 1.807) is 23.0 Å². The van der Waals surface area contributed by atoms with E-state index in [-0.39, 0.29) is 36.3 Å². The molecule has 8 heteroatoms. The van der Waals surface area contributed by atoms with Crippen molar-refractivity contribution in [2.75, 3.05) is 6.61 Å². The molecule has 1 fully saturated rings. The minimum Gasteiger partial charge on any atom is -0.378 e. The molecule has 1 heterocycles. The monoisotopic (exact) mass is 424 g/mol. The molecule has 1 amide bonds. The van der Waals surface area contributed by atoms with E-state index in [0.29, 0.717) is 13.0 Å². The van der Waals surface area contributed by atoms with E-state index in [4.69, 9.17) is 10.5 Å². The highest BCUT2D eigenvalue weighted by molar-refractivity contribution is 5.89. The zero-order valence-corrected chi connectivity index (χ0v) is 18.3. The van der Waals surface area contributed by atoms with Crippen molar-refractivity contribution in [2.45, 2.75) is 58.7 Å². The molecule has 160 valence electrons. The fraction of sp³-hybridized carbons (Fsp3) is 0.524. The predicted molar refractivity (Wildman–Crippen MR) is 113 cm³/mol. The number of nitrogens with two attached hydrogens (primary N) is 1. The number of amides is 1. The van der Waals surface area contributed by atoms with Crippen LogP contribution in [-0.4, -0.2) is 33.9 Å². The van der Waals surface area contributed by atoms with Gasteiger partial charge in [0, 0.05) is 29.7 Å². The highest BCUT2D eigenvalue weighted by Gasteiger charge is 2.62. The number of halogens is 2. The SMILES string of the molecule is CCOC1CC(N)(C(=O)NC(C)c2cnn(-c3ccc(F)cc3)c2C)C1(C)C.Cl. The van der Waals surface area contributed by atoms with Gasteiger partial charge in [-0.15, -0.1) is 12.4 Å². The van der Waals surface area contributed by atoms with Crippen LogP contribution in [0.15, 0.2) is 30.5 Å². The molecular formula is C21H30ClFN4O2. The number of hydrogen-bond donors (Lipinski definition) is 2. The van der Waals surface area contributed by atoms with Gasteiger partial charge < -0.3 is 15.8 Å². The van der Waals surface area contributed by atoms with Gasteiger partial charge in [0.05, 0.1) is 24.0 Å². The summed E-state index contributed by atoms with van der Waals surface area (Å²) in [7, 11) is 0. The number of carbonyl (C=O) groups is 1. The first-order valence-corrected chi connectivity index (χ1v) is 9.63. The first-order valence-electron chi connectivity index (χ1n) is 9.63. The highest BCUT2D eigenvalue weighted by atomic mass is 35.5. The average Bonchev–Trinajstić information content (AvgIpc) is 3.03. The molecule has 3 N–H and O–H groups in total. The van der Waals surface area contributed by atoms with Gasteiger partial charge in [0.2, 0.25) is 5.91 Å². The van der Waals surface area contributed by atoms with Crippen molar-refractivity contribution in [1.29, 1.82) is 0 Å². The first kappa shape index (κ1) is 23.3. The number of benzene rings is 1. The lowest BCUT2D eigenvalue weighted by Crippen LogP contribution is -2.75. The topological polar surface area (TPSA) is 82.2 Å². The Kier molecular flexibility index (Phi) is 6.77. The molecule has 1 aromatic heterocycles. The van der Waals surface area contributed by atoms with Gasteiger partial charge in [-0.1, -0.05) is 13.8 Å². The zero-order chi connectivity index (χ0) is 20.7. The van der Waals surface area contributed by atoms with E-state index in [0.717, 1.165) is 16.9 Å². The van der Waals surface area contributed by atoms with Crippen LogP contribution in [0, 0.1) is 18.2 Å². The fourth-order valence-corrected chi connectivity index (χ4v) is 3.91. The summed E-state index contributed by atoms with van der Waals surface area (Å²) in [4.78, 5) is 13.0. The maximum absolute atomic E-state index is 13.2. The quantitative estimate of drug-likeness (QED) is 0.744. The predicted octanol–water partition coefficient (Wildman–Crippen LogP) is 3.45. The summed E-state index contributed by atoms with van der Waals surface area (Å²) in [5, 5.41) is 7.44. The van der Waals surface area contributed by atoms with Crippen LogP contribution in [0.2, 0.25) is 0 Å². The van der Waals surface area contributed by atoms with E-state index < -0.39 is 11.0 Å². The smallest absolute Gasteiger partial charge is 0.241 e. The molecule has 1 aliphatic carbocycles. The largest absolute Gasteiger partial charge is 0.378 e. The maximum atomic E-state index is 13.2. The molecule has 6 nitrogen and oxygen atoms in total. The lowest BCUT2D eigenvalue weighted by Gasteiger charge is -2.57. The van der Waals surface area contributed by atoms with Gasteiger partial charge in [-0.2, -0.15) is 5.10 Å². The molecule has 3 atom stereocenters. The summed E-state index contributed by atoms with van der Waals surface area (Å²) >= 11 is 0. The second-order valence-electron chi connectivity index (χ2n) is 8.11. The molecule has 0 bridgehead atoms. The van der Waals surface area contributed by atoms with E-state index in [9.17, 15) is 9.18 Å². The van der Waals surface area contributed by atoms with Crippen LogP contribution >= 0.6 is 12.4 Å². The van der Waals surface area contributed by atoms with Crippen LogP contribution in [0.1, 0.15) is 51.4 Å². The second kappa shape index (κ2) is 8.42. The third-order valence-corrected chi connectivity index (χ3v) is 6.17. The summed E-state index contributed by atoms with van der Waals surface area (Å²) in [5.41, 5.74) is 7.59. The van der Waals surface area contributed by atoms with Gasteiger partial charge in [-0.3, -0.25) is 4.79 Å². The molecule has 0 spiro atoms. The second-order valence-corrected chi connectivity index (χ2v) is 8.11. The Morgan fingerprint density at radius 1 is 1.41 bits per heavy atom. The molecule has 29 heavy (non-hydrogen) atoms. The van der Waals surface area contributed by atoms with Crippen LogP contribution in [0.25, 0.3) is 5.69 Å². The number of hydrogen-bond acceptors (Lipinski definition) is 4. The van der Waals surface area contributed by atoms with E-state index in [1.165, 1.54) is 12.1 Å². The molecule has 2 aromatic rings. The average molecular weight is 425 g/mol. The Morgan fingerprint density at radius 3 is 2.59 bits per heavy atom. The van der Waals surface area contributed by atoms with E-state index >= 15 is 0 Å². The number of carbonyl (C=O) groups excluding carboxylic acids is 1. The number of nitrogens with one attached hydrogen (secondary N) is 1. The number of ether oxygens (including phenoxy) is 1. The minimum absolute atomic E-state index is 0. The number of nitrogens with zero attached hydrogens (tertiary/aromatic N) is 2. The van der Waals surface area contributed by atoms with Crippen molar-refractivity contribution >= 4 is 18.3 Å². The van der Waals surface area contributed by atoms with Crippen molar-refractivity contribution in [1.82, 2.24) is 15.1 Å². The summed E-state index contributed by atoms with van der Waals surface area (Å²) in [6.07, 6.45) is 2.20. The molecule has 3 unspecified atom stereocenters. The minimum atomic E-state index is -0.970. The van der Waals surface area contributed by atoms with Crippen LogP contribution in [-0.2, 0) is 9.53 Å². The third kappa shape index (κ3) is 3.91. The summed E-state index contributed by atoms with van der Waals surface area (Å²) in [6.45, 7) is 10.3. The van der Waals surface area contributed by atoms with Gasteiger partial charge in [0.15, 0.2) is 0 Å². The fourth-order valence-electron chi connectivity index (χ4n) is 3.91. The van der Waals surface area contributed by atoms with Crippen LogP contribution in [0.3, 0.4) is 0 Å². The Balaban J connectivity index is 0.00000300. The first-order chi connectivity index (χ1) is 13.1.